The van der Waals surface area contributed by atoms with E-state index in [4.69, 9.17) is 4.74 Å². The number of hydrogen-bond acceptors (Lipinski definition) is 3. The van der Waals surface area contributed by atoms with Crippen molar-refractivity contribution in [3.8, 4) is 0 Å². The second-order valence-corrected chi connectivity index (χ2v) is 9.00. The first-order chi connectivity index (χ1) is 16.9. The molecular formula is C30H49NO4. The maximum atomic E-state index is 12.4. The van der Waals surface area contributed by atoms with E-state index in [-0.39, 0.29) is 11.8 Å². The van der Waals surface area contributed by atoms with Crippen LogP contribution in [0.3, 0.4) is 0 Å². The zero-order chi connectivity index (χ0) is 26.2. The van der Waals surface area contributed by atoms with E-state index in [2.05, 4.69) is 73.0 Å². The quantitative estimate of drug-likeness (QED) is 0.131. The second kappa shape index (κ2) is 23.3. The zero-order valence-corrected chi connectivity index (χ0v) is 22.5. The predicted molar refractivity (Wildman–Crippen MR) is 147 cm³/mol. The van der Waals surface area contributed by atoms with Crippen LogP contribution < -0.4 is 5.32 Å². The number of nitrogens with one attached hydrogen (secondary N) is 1. The Kier molecular flexibility index (Phi) is 21.7. The first-order valence-corrected chi connectivity index (χ1v) is 13.3. The molecule has 0 heterocycles. The topological polar surface area (TPSA) is 75.6 Å². The summed E-state index contributed by atoms with van der Waals surface area (Å²) in [6, 6.07) is -0.865. The fourth-order valence-corrected chi connectivity index (χ4v) is 3.29. The van der Waals surface area contributed by atoms with Crippen molar-refractivity contribution in [3.05, 3.63) is 60.8 Å². The molecule has 0 saturated carbocycles. The summed E-state index contributed by atoms with van der Waals surface area (Å²) < 4.78 is 5.71. The Bertz CT molecular complexity index is 688. The number of hydrogen-bond donors (Lipinski definition) is 2. The van der Waals surface area contributed by atoms with E-state index >= 15 is 0 Å². The van der Waals surface area contributed by atoms with Gasteiger partial charge in [0.2, 0.25) is 5.91 Å². The van der Waals surface area contributed by atoms with Crippen LogP contribution in [0.25, 0.3) is 0 Å². The molecule has 2 N–H and O–H groups in total. The molecule has 0 aliphatic heterocycles. The van der Waals surface area contributed by atoms with Crippen LogP contribution in [0.4, 0.5) is 0 Å². The molecule has 5 nitrogen and oxygen atoms in total. The third kappa shape index (κ3) is 20.7. The van der Waals surface area contributed by atoms with Crippen LogP contribution in [-0.4, -0.2) is 35.7 Å². The number of rotatable bonds is 21. The number of aliphatic carboxylic acids is 1. The molecule has 0 spiro atoms. The van der Waals surface area contributed by atoms with E-state index in [1.54, 1.807) is 0 Å². The van der Waals surface area contributed by atoms with Gasteiger partial charge in [-0.3, -0.25) is 4.79 Å². The fraction of sp³-hybridized carbons (Fsp3) is 0.600. The van der Waals surface area contributed by atoms with Gasteiger partial charge in [-0.25, -0.2) is 4.79 Å². The molecule has 0 aromatic carbocycles. The van der Waals surface area contributed by atoms with Gasteiger partial charge >= 0.3 is 5.97 Å². The molecule has 2 atom stereocenters. The number of amides is 1. The first kappa shape index (κ1) is 32.6. The summed E-state index contributed by atoms with van der Waals surface area (Å²) in [6.45, 7) is 8.39. The van der Waals surface area contributed by atoms with Gasteiger partial charge < -0.3 is 15.2 Å². The molecule has 5 heteroatoms. The lowest BCUT2D eigenvalue weighted by Gasteiger charge is -2.21. The number of carboxylic acid groups (broad SMARTS) is 1. The zero-order valence-electron chi connectivity index (χ0n) is 22.5. The third-order valence-corrected chi connectivity index (χ3v) is 5.23. The van der Waals surface area contributed by atoms with Crippen molar-refractivity contribution < 1.29 is 19.4 Å². The van der Waals surface area contributed by atoms with Gasteiger partial charge in [0.05, 0.1) is 0 Å². The van der Waals surface area contributed by atoms with Gasteiger partial charge in [-0.05, 0) is 70.1 Å². The Labute approximate surface area is 214 Å². The standard InChI is InChI=1S/C30H49NO4/c1-5-7-8-9-10-11-12-13-14-15-16-17-18-19-20-21-22-23-24-35-28(6-2)29(32)31-27(30(33)34)25-26(3)4/h7-8,10-11,13-14,16-17,19-20,26-28H,5-6,9,12,15,18,21-25H2,1-4H3,(H,31,32)(H,33,34)/b8-7-,11-10-,14-13-,17-16-,20-19-. The maximum absolute atomic E-state index is 12.4. The van der Waals surface area contributed by atoms with Gasteiger partial charge in [-0.15, -0.1) is 0 Å². The molecule has 0 radical (unpaired) electrons. The largest absolute Gasteiger partial charge is 0.480 e. The molecule has 0 aliphatic rings. The van der Waals surface area contributed by atoms with Crippen molar-refractivity contribution in [2.45, 2.75) is 104 Å². The minimum atomic E-state index is -1.00. The van der Waals surface area contributed by atoms with Crippen LogP contribution in [0, 0.1) is 5.92 Å². The second-order valence-electron chi connectivity index (χ2n) is 9.00. The fourth-order valence-electron chi connectivity index (χ4n) is 3.29. The number of ether oxygens (including phenoxy) is 1. The summed E-state index contributed by atoms with van der Waals surface area (Å²) in [6.07, 6.45) is 30.1. The van der Waals surface area contributed by atoms with Crippen LogP contribution in [0.5, 0.6) is 0 Å². The van der Waals surface area contributed by atoms with Crippen molar-refractivity contribution >= 4 is 11.9 Å². The van der Waals surface area contributed by atoms with Crippen molar-refractivity contribution in [3.63, 3.8) is 0 Å². The summed E-state index contributed by atoms with van der Waals surface area (Å²) >= 11 is 0. The minimum Gasteiger partial charge on any atom is -0.480 e. The van der Waals surface area contributed by atoms with Crippen molar-refractivity contribution in [2.75, 3.05) is 6.61 Å². The molecule has 0 aromatic heterocycles. The lowest BCUT2D eigenvalue weighted by atomic mass is 10.0. The van der Waals surface area contributed by atoms with E-state index in [9.17, 15) is 14.7 Å². The maximum Gasteiger partial charge on any atom is 0.326 e. The van der Waals surface area contributed by atoms with Gasteiger partial charge in [0.25, 0.3) is 0 Å². The summed E-state index contributed by atoms with van der Waals surface area (Å²) in [5.74, 6) is -1.15. The smallest absolute Gasteiger partial charge is 0.326 e. The third-order valence-electron chi connectivity index (χ3n) is 5.23. The average molecular weight is 488 g/mol. The van der Waals surface area contributed by atoms with E-state index in [1.165, 1.54) is 0 Å². The summed E-state index contributed by atoms with van der Waals surface area (Å²) in [7, 11) is 0. The average Bonchev–Trinajstić information content (AvgIpc) is 2.82. The Morgan fingerprint density at radius 1 is 0.800 bits per heavy atom. The van der Waals surface area contributed by atoms with Gasteiger partial charge in [-0.1, -0.05) is 88.5 Å². The lowest BCUT2D eigenvalue weighted by molar-refractivity contribution is -0.145. The lowest BCUT2D eigenvalue weighted by Crippen LogP contribution is -2.46. The van der Waals surface area contributed by atoms with Gasteiger partial charge in [0.15, 0.2) is 0 Å². The number of allylic oxidation sites excluding steroid dienone is 10. The Balaban J connectivity index is 3.89. The molecule has 1 amide bonds. The minimum absolute atomic E-state index is 0.188. The molecule has 0 bridgehead atoms. The van der Waals surface area contributed by atoms with Gasteiger partial charge in [0.1, 0.15) is 12.1 Å². The van der Waals surface area contributed by atoms with Crippen LogP contribution >= 0.6 is 0 Å². The molecule has 0 saturated heterocycles. The van der Waals surface area contributed by atoms with E-state index in [1.807, 2.05) is 20.8 Å². The normalized spacial score (nSPS) is 14.3. The van der Waals surface area contributed by atoms with Gasteiger partial charge in [-0.2, -0.15) is 0 Å². The Morgan fingerprint density at radius 2 is 1.31 bits per heavy atom. The molecule has 0 rings (SSSR count). The monoisotopic (exact) mass is 487 g/mol. The highest BCUT2D eigenvalue weighted by molar-refractivity contribution is 5.86. The van der Waals surface area contributed by atoms with Crippen LogP contribution in [0.1, 0.15) is 91.9 Å². The Morgan fingerprint density at radius 3 is 1.77 bits per heavy atom. The van der Waals surface area contributed by atoms with Crippen molar-refractivity contribution in [2.24, 2.45) is 5.92 Å². The molecule has 2 unspecified atom stereocenters. The molecule has 0 aromatic rings. The SMILES string of the molecule is CC/C=C\C/C=C\C/C=C\C/C=C\C/C=C\CCCCOC(CC)C(=O)NC(CC(C)C)C(=O)O. The van der Waals surface area contributed by atoms with Crippen molar-refractivity contribution in [1.29, 1.82) is 0 Å². The number of unbranched alkanes of at least 4 members (excludes halogenated alkanes) is 2. The van der Waals surface area contributed by atoms with Crippen LogP contribution in [0.15, 0.2) is 60.8 Å². The van der Waals surface area contributed by atoms with E-state index in [0.717, 1.165) is 51.4 Å². The Hall–Kier alpha value is -2.40. The molecule has 198 valence electrons. The number of carboxylic acids is 1. The van der Waals surface area contributed by atoms with Gasteiger partial charge in [0, 0.05) is 6.61 Å². The molecule has 0 aliphatic carbocycles. The first-order valence-electron chi connectivity index (χ1n) is 13.3. The highest BCUT2D eigenvalue weighted by atomic mass is 16.5. The molecule has 0 fully saturated rings. The molecular weight excluding hydrogens is 438 g/mol. The predicted octanol–water partition coefficient (Wildman–Crippen LogP) is 7.32. The summed E-state index contributed by atoms with van der Waals surface area (Å²) in [4.78, 5) is 23.7. The van der Waals surface area contributed by atoms with E-state index < -0.39 is 18.1 Å². The van der Waals surface area contributed by atoms with Crippen molar-refractivity contribution in [1.82, 2.24) is 5.32 Å². The highest BCUT2D eigenvalue weighted by Crippen LogP contribution is 2.08. The summed E-state index contributed by atoms with van der Waals surface area (Å²) in [5, 5.41) is 11.9. The van der Waals surface area contributed by atoms with E-state index in [0.29, 0.717) is 19.4 Å². The number of carbonyl (C=O) groups is 2. The van der Waals surface area contributed by atoms with Crippen LogP contribution in [-0.2, 0) is 14.3 Å². The number of carbonyl (C=O) groups excluding carboxylic acids is 1. The summed E-state index contributed by atoms with van der Waals surface area (Å²) in [5.41, 5.74) is 0. The molecule has 35 heavy (non-hydrogen) atoms. The van der Waals surface area contributed by atoms with Crippen LogP contribution in [0.2, 0.25) is 0 Å². The highest BCUT2D eigenvalue weighted by Gasteiger charge is 2.25.